The van der Waals surface area contributed by atoms with Gasteiger partial charge in [-0.05, 0) is 18.4 Å². The van der Waals surface area contributed by atoms with Crippen LogP contribution in [0, 0.1) is 0 Å². The number of benzene rings is 1. The van der Waals surface area contributed by atoms with Crippen molar-refractivity contribution in [3.63, 3.8) is 0 Å². The predicted octanol–water partition coefficient (Wildman–Crippen LogP) is 2.15. The maximum Gasteiger partial charge on any atom is 0.411 e. The lowest BCUT2D eigenvalue weighted by atomic mass is 10.1. The van der Waals surface area contributed by atoms with Gasteiger partial charge in [-0.25, -0.2) is 9.59 Å². The molecule has 2 amide bonds. The van der Waals surface area contributed by atoms with Crippen molar-refractivity contribution in [3.05, 3.63) is 47.8 Å². The normalized spacial score (nSPS) is 16.7. The highest BCUT2D eigenvalue weighted by molar-refractivity contribution is 5.87. The molecule has 1 atom stereocenters. The Morgan fingerprint density at radius 3 is 2.84 bits per heavy atom. The van der Waals surface area contributed by atoms with Crippen LogP contribution in [0.3, 0.4) is 0 Å². The summed E-state index contributed by atoms with van der Waals surface area (Å²) in [6, 6.07) is 9.04. The Morgan fingerprint density at radius 2 is 2.12 bits per heavy atom. The molecule has 1 aliphatic rings. The molecule has 1 unspecified atom stereocenters. The van der Waals surface area contributed by atoms with Crippen molar-refractivity contribution in [1.29, 1.82) is 0 Å². The molecule has 1 aromatic carbocycles. The van der Waals surface area contributed by atoms with Gasteiger partial charge >= 0.3 is 12.2 Å². The molecule has 0 aliphatic carbocycles. The van der Waals surface area contributed by atoms with Crippen molar-refractivity contribution in [3.8, 4) is 0 Å². The monoisotopic (exact) mass is 344 g/mol. The molecule has 0 fully saturated rings. The molecule has 1 aromatic heterocycles. The van der Waals surface area contributed by atoms with Crippen LogP contribution in [-0.2, 0) is 24.8 Å². The molecular weight excluding hydrogens is 324 g/mol. The van der Waals surface area contributed by atoms with E-state index >= 15 is 0 Å². The van der Waals surface area contributed by atoms with Gasteiger partial charge in [0.05, 0.1) is 17.4 Å². The van der Waals surface area contributed by atoms with Crippen LogP contribution in [0.25, 0.3) is 0 Å². The van der Waals surface area contributed by atoms with Gasteiger partial charge in [0.25, 0.3) is 0 Å². The Balaban J connectivity index is 1.60. The number of carbonyl (C=O) groups is 2. The van der Waals surface area contributed by atoms with Crippen molar-refractivity contribution < 1.29 is 19.4 Å². The van der Waals surface area contributed by atoms with E-state index in [4.69, 9.17) is 4.74 Å². The summed E-state index contributed by atoms with van der Waals surface area (Å²) < 4.78 is 6.81. The molecule has 2 aromatic rings. The number of alkyl carbamates (subject to hydrolysis) is 1. The molecule has 8 nitrogen and oxygen atoms in total. The summed E-state index contributed by atoms with van der Waals surface area (Å²) in [5.74, 6) is 0. The van der Waals surface area contributed by atoms with Crippen molar-refractivity contribution >= 4 is 17.9 Å². The zero-order chi connectivity index (χ0) is 17.8. The minimum absolute atomic E-state index is 0.161. The number of nitrogens with zero attached hydrogens (tertiary/aromatic N) is 3. The fraction of sp³-hybridized carbons (Fsp3) is 0.353. The molecule has 2 N–H and O–H groups in total. The first kappa shape index (κ1) is 16.8. The number of ether oxygens (including phenoxy) is 1. The van der Waals surface area contributed by atoms with E-state index in [-0.39, 0.29) is 19.2 Å². The number of fused-ring (bicyclic) bond motifs is 1. The van der Waals surface area contributed by atoms with E-state index < -0.39 is 12.2 Å². The van der Waals surface area contributed by atoms with E-state index in [0.717, 1.165) is 5.56 Å². The quantitative estimate of drug-likeness (QED) is 0.889. The number of carbonyl (C=O) groups excluding carboxylic acids is 1. The highest BCUT2D eigenvalue weighted by atomic mass is 16.5. The van der Waals surface area contributed by atoms with Crippen LogP contribution in [0.2, 0.25) is 0 Å². The van der Waals surface area contributed by atoms with Crippen LogP contribution in [-0.4, -0.2) is 39.7 Å². The van der Waals surface area contributed by atoms with Gasteiger partial charge in [0, 0.05) is 19.8 Å². The SMILES string of the molecule is Cn1cc2c(n1)CCC(NC(=O)OCc1ccccc1)CN2C(=O)O. The molecule has 1 aliphatic heterocycles. The Labute approximate surface area is 145 Å². The Bertz CT molecular complexity index is 759. The standard InChI is InChI=1S/C17H20N4O4/c1-20-10-15-14(19-20)8-7-13(9-21(15)17(23)24)18-16(22)25-11-12-5-3-2-4-6-12/h2-6,10,13H,7-9,11H2,1H3,(H,18,22)(H,23,24). The van der Waals surface area contributed by atoms with Crippen molar-refractivity contribution in [2.24, 2.45) is 7.05 Å². The smallest absolute Gasteiger partial charge is 0.411 e. The molecular formula is C17H20N4O4. The minimum Gasteiger partial charge on any atom is -0.465 e. The second kappa shape index (κ2) is 7.25. The first-order chi connectivity index (χ1) is 12.0. The van der Waals surface area contributed by atoms with Gasteiger partial charge in [-0.1, -0.05) is 30.3 Å². The first-order valence-corrected chi connectivity index (χ1v) is 8.03. The maximum atomic E-state index is 12.0. The van der Waals surface area contributed by atoms with Gasteiger partial charge in [-0.15, -0.1) is 0 Å². The molecule has 8 heteroatoms. The van der Waals surface area contributed by atoms with Crippen molar-refractivity contribution in [2.45, 2.75) is 25.5 Å². The molecule has 0 radical (unpaired) electrons. The Kier molecular flexibility index (Phi) is 4.87. The summed E-state index contributed by atoms with van der Waals surface area (Å²) in [7, 11) is 1.76. The van der Waals surface area contributed by atoms with Crippen LogP contribution in [0.15, 0.2) is 36.5 Å². The lowest BCUT2D eigenvalue weighted by Crippen LogP contribution is -2.45. The molecule has 0 saturated carbocycles. The number of nitrogens with one attached hydrogen (secondary N) is 1. The maximum absolute atomic E-state index is 12.0. The second-order valence-electron chi connectivity index (χ2n) is 5.97. The van der Waals surface area contributed by atoms with Gasteiger partial charge in [-0.3, -0.25) is 9.58 Å². The van der Waals surface area contributed by atoms with E-state index in [1.54, 1.807) is 17.9 Å². The lowest BCUT2D eigenvalue weighted by molar-refractivity contribution is 0.135. The third kappa shape index (κ3) is 4.09. The van der Waals surface area contributed by atoms with E-state index in [1.165, 1.54) is 4.90 Å². The molecule has 25 heavy (non-hydrogen) atoms. The number of amides is 2. The fourth-order valence-corrected chi connectivity index (χ4v) is 2.88. The average Bonchev–Trinajstić information content (AvgIpc) is 2.88. The number of hydrogen-bond acceptors (Lipinski definition) is 4. The van der Waals surface area contributed by atoms with E-state index in [0.29, 0.717) is 24.2 Å². The Hall–Kier alpha value is -3.03. The summed E-state index contributed by atoms with van der Waals surface area (Å²) in [4.78, 5) is 24.8. The molecule has 2 heterocycles. The van der Waals surface area contributed by atoms with E-state index in [1.807, 2.05) is 30.3 Å². The average molecular weight is 344 g/mol. The Morgan fingerprint density at radius 1 is 1.36 bits per heavy atom. The highest BCUT2D eigenvalue weighted by Gasteiger charge is 2.29. The summed E-state index contributed by atoms with van der Waals surface area (Å²) in [5.41, 5.74) is 2.17. The molecule has 0 saturated heterocycles. The summed E-state index contributed by atoms with van der Waals surface area (Å²) in [6.07, 6.45) is 1.23. The number of aromatic nitrogens is 2. The number of rotatable bonds is 3. The predicted molar refractivity (Wildman–Crippen MR) is 90.5 cm³/mol. The van der Waals surface area contributed by atoms with Gasteiger partial charge in [-0.2, -0.15) is 5.10 Å². The van der Waals surface area contributed by atoms with Crippen molar-refractivity contribution in [2.75, 3.05) is 11.4 Å². The van der Waals surface area contributed by atoms with Crippen LogP contribution >= 0.6 is 0 Å². The third-order valence-electron chi connectivity index (χ3n) is 4.07. The summed E-state index contributed by atoms with van der Waals surface area (Å²) >= 11 is 0. The van der Waals surface area contributed by atoms with Gasteiger partial charge in [0.2, 0.25) is 0 Å². The zero-order valence-corrected chi connectivity index (χ0v) is 13.9. The topological polar surface area (TPSA) is 96.7 Å². The minimum atomic E-state index is -1.07. The lowest BCUT2D eigenvalue weighted by Gasteiger charge is -2.22. The van der Waals surface area contributed by atoms with Crippen LogP contribution in [0.1, 0.15) is 17.7 Å². The molecule has 132 valence electrons. The number of anilines is 1. The molecule has 0 bridgehead atoms. The number of aryl methyl sites for hydroxylation is 2. The summed E-state index contributed by atoms with van der Waals surface area (Å²) in [5, 5.41) is 16.5. The third-order valence-corrected chi connectivity index (χ3v) is 4.07. The van der Waals surface area contributed by atoms with Gasteiger partial charge < -0.3 is 15.2 Å². The molecule has 3 rings (SSSR count). The van der Waals surface area contributed by atoms with Crippen LogP contribution < -0.4 is 10.2 Å². The largest absolute Gasteiger partial charge is 0.465 e. The molecule has 0 spiro atoms. The highest BCUT2D eigenvalue weighted by Crippen LogP contribution is 2.25. The number of hydrogen-bond donors (Lipinski definition) is 2. The van der Waals surface area contributed by atoms with Crippen LogP contribution in [0.5, 0.6) is 0 Å². The second-order valence-corrected chi connectivity index (χ2v) is 5.97. The first-order valence-electron chi connectivity index (χ1n) is 8.03. The van der Waals surface area contributed by atoms with Gasteiger partial charge in [0.15, 0.2) is 0 Å². The van der Waals surface area contributed by atoms with E-state index in [9.17, 15) is 14.7 Å². The van der Waals surface area contributed by atoms with Gasteiger partial charge in [0.1, 0.15) is 6.61 Å². The summed E-state index contributed by atoms with van der Waals surface area (Å²) in [6.45, 7) is 0.332. The zero-order valence-electron chi connectivity index (χ0n) is 13.9. The fourth-order valence-electron chi connectivity index (χ4n) is 2.88. The van der Waals surface area contributed by atoms with Crippen LogP contribution in [0.4, 0.5) is 15.3 Å². The van der Waals surface area contributed by atoms with Crippen molar-refractivity contribution in [1.82, 2.24) is 15.1 Å². The number of carboxylic acid groups (broad SMARTS) is 1. The van der Waals surface area contributed by atoms with E-state index in [2.05, 4.69) is 10.4 Å².